The van der Waals surface area contributed by atoms with E-state index in [2.05, 4.69) is 0 Å². The van der Waals surface area contributed by atoms with Crippen molar-refractivity contribution >= 4 is 17.6 Å². The molecule has 4 heteroatoms. The van der Waals surface area contributed by atoms with E-state index in [4.69, 9.17) is 4.74 Å². The maximum absolute atomic E-state index is 12.2. The van der Waals surface area contributed by atoms with Crippen LogP contribution >= 0.6 is 0 Å². The van der Waals surface area contributed by atoms with Gasteiger partial charge in [-0.15, -0.1) is 0 Å². The number of benzene rings is 2. The molecule has 0 aliphatic carbocycles. The van der Waals surface area contributed by atoms with Crippen LogP contribution in [0.1, 0.15) is 16.8 Å². The van der Waals surface area contributed by atoms with Gasteiger partial charge >= 0.3 is 6.09 Å². The minimum Gasteiger partial charge on any atom is -0.410 e. The van der Waals surface area contributed by atoms with Crippen LogP contribution in [0.2, 0.25) is 0 Å². The van der Waals surface area contributed by atoms with Crippen LogP contribution in [0.3, 0.4) is 0 Å². The maximum atomic E-state index is 12.2. The van der Waals surface area contributed by atoms with Crippen LogP contribution in [0.5, 0.6) is 5.75 Å². The first-order valence-corrected chi connectivity index (χ1v) is 6.42. The average molecular weight is 267 g/mol. The monoisotopic (exact) mass is 267 g/mol. The molecule has 0 N–H and O–H groups in total. The van der Waals surface area contributed by atoms with Gasteiger partial charge in [0.15, 0.2) is 5.78 Å². The number of ketones is 1. The van der Waals surface area contributed by atoms with Crippen molar-refractivity contribution in [2.24, 2.45) is 0 Å². The van der Waals surface area contributed by atoms with Crippen molar-refractivity contribution in [1.82, 2.24) is 0 Å². The Morgan fingerprint density at radius 1 is 1.00 bits per heavy atom. The molecule has 0 aromatic heterocycles. The molecule has 0 saturated carbocycles. The largest absolute Gasteiger partial charge is 0.419 e. The van der Waals surface area contributed by atoms with Crippen molar-refractivity contribution in [2.75, 3.05) is 11.4 Å². The molecular weight excluding hydrogens is 254 g/mol. The van der Waals surface area contributed by atoms with E-state index in [0.29, 0.717) is 30.0 Å². The van der Waals surface area contributed by atoms with Gasteiger partial charge in [-0.2, -0.15) is 0 Å². The van der Waals surface area contributed by atoms with Crippen LogP contribution in [0.25, 0.3) is 0 Å². The Morgan fingerprint density at radius 2 is 1.70 bits per heavy atom. The lowest BCUT2D eigenvalue weighted by Gasteiger charge is -2.27. The maximum Gasteiger partial charge on any atom is 0.419 e. The van der Waals surface area contributed by atoms with Crippen LogP contribution in [0, 0.1) is 0 Å². The zero-order valence-electron chi connectivity index (χ0n) is 10.8. The van der Waals surface area contributed by atoms with Crippen LogP contribution < -0.4 is 9.64 Å². The summed E-state index contributed by atoms with van der Waals surface area (Å²) < 4.78 is 5.32. The molecule has 0 unspecified atom stereocenters. The van der Waals surface area contributed by atoms with Crippen molar-refractivity contribution in [3.8, 4) is 5.75 Å². The molecule has 20 heavy (non-hydrogen) atoms. The molecular formula is C16H13NO3. The fraction of sp³-hybridized carbons (Fsp3) is 0.125. The van der Waals surface area contributed by atoms with Gasteiger partial charge in [0.05, 0.1) is 5.69 Å². The molecule has 100 valence electrons. The second kappa shape index (κ2) is 5.17. The molecule has 0 radical (unpaired) electrons. The summed E-state index contributed by atoms with van der Waals surface area (Å²) in [5.41, 5.74) is 1.19. The number of carbonyl (C=O) groups excluding carboxylic acids is 2. The van der Waals surface area contributed by atoms with Gasteiger partial charge in [0.1, 0.15) is 5.75 Å². The van der Waals surface area contributed by atoms with Gasteiger partial charge in [-0.1, -0.05) is 30.3 Å². The van der Waals surface area contributed by atoms with Gasteiger partial charge in [-0.25, -0.2) is 4.79 Å². The first-order valence-electron chi connectivity index (χ1n) is 6.42. The first kappa shape index (κ1) is 12.4. The predicted octanol–water partition coefficient (Wildman–Crippen LogP) is 3.28. The number of ether oxygens (including phenoxy) is 1. The van der Waals surface area contributed by atoms with Crippen molar-refractivity contribution in [3.05, 3.63) is 60.2 Å². The highest BCUT2D eigenvalue weighted by Crippen LogP contribution is 2.27. The molecule has 2 aromatic carbocycles. The van der Waals surface area contributed by atoms with Gasteiger partial charge in [-0.05, 0) is 24.3 Å². The molecule has 0 bridgehead atoms. The molecule has 0 atom stereocenters. The Hall–Kier alpha value is -2.62. The minimum absolute atomic E-state index is 0.0596. The highest BCUT2D eigenvalue weighted by molar-refractivity contribution is 6.07. The van der Waals surface area contributed by atoms with Gasteiger partial charge in [0.25, 0.3) is 0 Å². The van der Waals surface area contributed by atoms with E-state index >= 15 is 0 Å². The fourth-order valence-corrected chi connectivity index (χ4v) is 2.25. The van der Waals surface area contributed by atoms with Crippen molar-refractivity contribution in [3.63, 3.8) is 0 Å². The van der Waals surface area contributed by atoms with E-state index in [-0.39, 0.29) is 5.78 Å². The van der Waals surface area contributed by atoms with Crippen LogP contribution in [0.15, 0.2) is 54.6 Å². The standard InChI is InChI=1S/C16H13NO3/c18-15-10-11-17(14-9-5-4-8-13(14)15)16(19)20-12-6-2-1-3-7-12/h1-9H,10-11H2. The first-order chi connectivity index (χ1) is 9.75. The summed E-state index contributed by atoms with van der Waals surface area (Å²) in [6.45, 7) is 0.349. The molecule has 2 aromatic rings. The minimum atomic E-state index is -0.462. The summed E-state index contributed by atoms with van der Waals surface area (Å²) in [6.07, 6.45) is -0.142. The molecule has 0 fully saturated rings. The second-order valence-corrected chi connectivity index (χ2v) is 4.52. The molecule has 4 nitrogen and oxygen atoms in total. The lowest BCUT2D eigenvalue weighted by Crippen LogP contribution is -2.39. The van der Waals surface area contributed by atoms with Crippen LogP contribution in [-0.4, -0.2) is 18.4 Å². The summed E-state index contributed by atoms with van der Waals surface area (Å²) in [5.74, 6) is 0.552. The van der Waals surface area contributed by atoms with E-state index in [1.165, 1.54) is 4.90 Å². The number of rotatable bonds is 1. The number of anilines is 1. The average Bonchev–Trinajstić information content (AvgIpc) is 2.49. The quantitative estimate of drug-likeness (QED) is 0.796. The third-order valence-corrected chi connectivity index (χ3v) is 3.23. The van der Waals surface area contributed by atoms with E-state index < -0.39 is 6.09 Å². The summed E-state index contributed by atoms with van der Waals surface area (Å²) >= 11 is 0. The van der Waals surface area contributed by atoms with E-state index in [9.17, 15) is 9.59 Å². The normalized spacial score (nSPS) is 13.8. The van der Waals surface area contributed by atoms with Gasteiger partial charge in [-0.3, -0.25) is 9.69 Å². The molecule has 1 aliphatic rings. The predicted molar refractivity (Wildman–Crippen MR) is 75.2 cm³/mol. The van der Waals surface area contributed by atoms with Gasteiger partial charge < -0.3 is 4.74 Å². The zero-order valence-corrected chi connectivity index (χ0v) is 10.8. The number of nitrogens with zero attached hydrogens (tertiary/aromatic N) is 1. The van der Waals surface area contributed by atoms with E-state index in [0.717, 1.165) is 0 Å². The zero-order chi connectivity index (χ0) is 13.9. The fourth-order valence-electron chi connectivity index (χ4n) is 2.25. The number of fused-ring (bicyclic) bond motifs is 1. The molecule has 0 spiro atoms. The number of carbonyl (C=O) groups is 2. The number of amides is 1. The lowest BCUT2D eigenvalue weighted by atomic mass is 10.0. The Morgan fingerprint density at radius 3 is 2.50 bits per heavy atom. The van der Waals surface area contributed by atoms with Crippen LogP contribution in [-0.2, 0) is 0 Å². The topological polar surface area (TPSA) is 46.6 Å². The number of hydrogen-bond donors (Lipinski definition) is 0. The third-order valence-electron chi connectivity index (χ3n) is 3.23. The number of Topliss-reactive ketones (excluding diaryl/α,β-unsaturated/α-hetero) is 1. The number of para-hydroxylation sites is 2. The molecule has 0 saturated heterocycles. The Labute approximate surface area is 116 Å². The van der Waals surface area contributed by atoms with Gasteiger partial charge in [0, 0.05) is 18.5 Å². The van der Waals surface area contributed by atoms with Crippen molar-refractivity contribution < 1.29 is 14.3 Å². The van der Waals surface area contributed by atoms with Crippen LogP contribution in [0.4, 0.5) is 10.5 Å². The van der Waals surface area contributed by atoms with Crippen molar-refractivity contribution in [2.45, 2.75) is 6.42 Å². The summed E-state index contributed by atoms with van der Waals surface area (Å²) in [4.78, 5) is 25.6. The summed E-state index contributed by atoms with van der Waals surface area (Å²) in [5, 5.41) is 0. The summed E-state index contributed by atoms with van der Waals surface area (Å²) in [7, 11) is 0. The molecule has 3 rings (SSSR count). The summed E-state index contributed by atoms with van der Waals surface area (Å²) in [6, 6.07) is 16.0. The number of hydrogen-bond acceptors (Lipinski definition) is 3. The Balaban J connectivity index is 1.86. The van der Waals surface area contributed by atoms with Gasteiger partial charge in [0.2, 0.25) is 0 Å². The SMILES string of the molecule is O=C1CCN(C(=O)Oc2ccccc2)c2ccccc21. The highest BCUT2D eigenvalue weighted by Gasteiger charge is 2.28. The van der Waals surface area contributed by atoms with Crippen molar-refractivity contribution in [1.29, 1.82) is 0 Å². The molecule has 1 amide bonds. The van der Waals surface area contributed by atoms with E-state index in [1.807, 2.05) is 6.07 Å². The molecule has 1 heterocycles. The Kier molecular flexibility index (Phi) is 3.21. The smallest absolute Gasteiger partial charge is 0.410 e. The second-order valence-electron chi connectivity index (χ2n) is 4.52. The third kappa shape index (κ3) is 2.28. The Bertz CT molecular complexity index is 652. The van der Waals surface area contributed by atoms with E-state index in [1.54, 1.807) is 48.5 Å². The molecule has 1 aliphatic heterocycles. The lowest BCUT2D eigenvalue weighted by molar-refractivity contribution is 0.0980. The highest BCUT2D eigenvalue weighted by atomic mass is 16.6.